The maximum Gasteiger partial charge on any atom is 0.300 e. The van der Waals surface area contributed by atoms with E-state index in [-0.39, 0.29) is 22.3 Å². The van der Waals surface area contributed by atoms with Gasteiger partial charge < -0.3 is 5.32 Å². The van der Waals surface area contributed by atoms with E-state index in [2.05, 4.69) is 11.4 Å². The molecule has 1 atom stereocenters. The summed E-state index contributed by atoms with van der Waals surface area (Å²) in [5, 5.41) is 13.7. The van der Waals surface area contributed by atoms with Gasteiger partial charge in [0.2, 0.25) is 0 Å². The molecule has 1 aliphatic rings. The van der Waals surface area contributed by atoms with Gasteiger partial charge >= 0.3 is 5.69 Å². The Morgan fingerprint density at radius 1 is 1.42 bits per heavy atom. The number of hydrogen-bond acceptors (Lipinski definition) is 3. The Hall–Kier alpha value is -1.88. The fourth-order valence-electron chi connectivity index (χ4n) is 2.07. The van der Waals surface area contributed by atoms with E-state index < -0.39 is 10.8 Å². The number of carbonyl (C=O) groups is 1. The zero-order valence-corrected chi connectivity index (χ0v) is 10.9. The summed E-state index contributed by atoms with van der Waals surface area (Å²) in [6, 6.07) is 4.37. The molecule has 1 aromatic rings. The molecule has 6 heteroatoms. The van der Waals surface area contributed by atoms with Gasteiger partial charge in [-0.15, -0.1) is 0 Å². The van der Waals surface area contributed by atoms with Crippen LogP contribution in [0.15, 0.2) is 30.4 Å². The maximum atomic E-state index is 12.1. The van der Waals surface area contributed by atoms with Gasteiger partial charge in [0, 0.05) is 6.04 Å². The van der Waals surface area contributed by atoms with Gasteiger partial charge in [0.25, 0.3) is 5.91 Å². The molecule has 0 aliphatic heterocycles. The Labute approximate surface area is 115 Å². The van der Waals surface area contributed by atoms with Gasteiger partial charge in [0.1, 0.15) is 10.6 Å². The van der Waals surface area contributed by atoms with Crippen molar-refractivity contribution in [3.05, 3.63) is 51.1 Å². The molecule has 0 aromatic heterocycles. The summed E-state index contributed by atoms with van der Waals surface area (Å²) in [6.45, 7) is 0. The number of para-hydroxylation sites is 1. The van der Waals surface area contributed by atoms with Gasteiger partial charge in [-0.25, -0.2) is 0 Å². The summed E-state index contributed by atoms with van der Waals surface area (Å²) < 4.78 is 0. The van der Waals surface area contributed by atoms with Crippen molar-refractivity contribution in [1.82, 2.24) is 5.32 Å². The molecule has 2 rings (SSSR count). The Bertz CT molecular complexity index is 543. The number of halogens is 1. The first-order chi connectivity index (χ1) is 9.09. The van der Waals surface area contributed by atoms with Crippen LogP contribution >= 0.6 is 11.6 Å². The average Bonchev–Trinajstić information content (AvgIpc) is 2.39. The fourth-order valence-corrected chi connectivity index (χ4v) is 2.32. The van der Waals surface area contributed by atoms with E-state index in [0.717, 1.165) is 19.3 Å². The van der Waals surface area contributed by atoms with Gasteiger partial charge in [-0.05, 0) is 31.4 Å². The fraction of sp³-hybridized carbons (Fsp3) is 0.308. The molecule has 1 unspecified atom stereocenters. The van der Waals surface area contributed by atoms with Crippen molar-refractivity contribution in [1.29, 1.82) is 0 Å². The molecule has 1 aliphatic carbocycles. The Morgan fingerprint density at radius 2 is 2.21 bits per heavy atom. The number of nitro groups is 1. The predicted molar refractivity (Wildman–Crippen MR) is 72.4 cm³/mol. The molecule has 0 bridgehead atoms. The van der Waals surface area contributed by atoms with Crippen molar-refractivity contribution in [3.8, 4) is 0 Å². The molecule has 5 nitrogen and oxygen atoms in total. The number of nitro benzene ring substituents is 1. The predicted octanol–water partition coefficient (Wildman–Crippen LogP) is 3.09. The van der Waals surface area contributed by atoms with E-state index in [1.165, 1.54) is 18.2 Å². The first-order valence-corrected chi connectivity index (χ1v) is 6.36. The Balaban J connectivity index is 2.21. The molecule has 1 amide bonds. The number of nitrogens with zero attached hydrogens (tertiary/aromatic N) is 1. The lowest BCUT2D eigenvalue weighted by atomic mass is 10.0. The molecule has 0 fully saturated rings. The van der Waals surface area contributed by atoms with Crippen LogP contribution in [-0.2, 0) is 0 Å². The lowest BCUT2D eigenvalue weighted by molar-refractivity contribution is -0.385. The molecule has 0 radical (unpaired) electrons. The van der Waals surface area contributed by atoms with Crippen molar-refractivity contribution < 1.29 is 9.72 Å². The highest BCUT2D eigenvalue weighted by Gasteiger charge is 2.25. The molecule has 0 heterocycles. The first kappa shape index (κ1) is 13.5. The van der Waals surface area contributed by atoms with Crippen LogP contribution in [0.2, 0.25) is 5.02 Å². The quantitative estimate of drug-likeness (QED) is 0.525. The largest absolute Gasteiger partial charge is 0.349 e. The zero-order valence-electron chi connectivity index (χ0n) is 10.1. The standard InChI is InChI=1S/C13H13ClN2O3/c14-11-8-4-7-10(12(11)16(18)19)13(17)15-9-5-2-1-3-6-9/h1-2,4,7-9H,3,5-6H2,(H,15,17). The Kier molecular flexibility index (Phi) is 4.16. The minimum atomic E-state index is -0.627. The van der Waals surface area contributed by atoms with Gasteiger partial charge in [0.15, 0.2) is 0 Å². The third kappa shape index (κ3) is 3.12. The van der Waals surface area contributed by atoms with Crippen LogP contribution in [0.4, 0.5) is 5.69 Å². The van der Waals surface area contributed by atoms with Crippen molar-refractivity contribution in [3.63, 3.8) is 0 Å². The van der Waals surface area contributed by atoms with E-state index in [4.69, 9.17) is 11.6 Å². The number of benzene rings is 1. The number of hydrogen-bond donors (Lipinski definition) is 1. The lowest BCUT2D eigenvalue weighted by Crippen LogP contribution is -2.35. The summed E-state index contributed by atoms with van der Waals surface area (Å²) in [4.78, 5) is 22.4. The van der Waals surface area contributed by atoms with Crippen molar-refractivity contribution in [2.75, 3.05) is 0 Å². The topological polar surface area (TPSA) is 72.2 Å². The summed E-state index contributed by atoms with van der Waals surface area (Å²) in [5.74, 6) is -0.450. The number of rotatable bonds is 3. The number of amides is 1. The van der Waals surface area contributed by atoms with Gasteiger partial charge in [-0.3, -0.25) is 14.9 Å². The highest BCUT2D eigenvalue weighted by atomic mass is 35.5. The van der Waals surface area contributed by atoms with Gasteiger partial charge in [-0.2, -0.15) is 0 Å². The van der Waals surface area contributed by atoms with E-state index in [0.29, 0.717) is 0 Å². The average molecular weight is 281 g/mol. The molecule has 0 saturated carbocycles. The molecule has 1 N–H and O–H groups in total. The van der Waals surface area contributed by atoms with E-state index in [9.17, 15) is 14.9 Å². The number of nitrogens with one attached hydrogen (secondary N) is 1. The SMILES string of the molecule is O=C(NC1CC=CCC1)c1cccc(Cl)c1[N+](=O)[O-]. The molecular weight excluding hydrogens is 268 g/mol. The minimum absolute atomic E-state index is 0.00653. The maximum absolute atomic E-state index is 12.1. The van der Waals surface area contributed by atoms with Crippen molar-refractivity contribution in [2.45, 2.75) is 25.3 Å². The lowest BCUT2D eigenvalue weighted by Gasteiger charge is -2.19. The van der Waals surface area contributed by atoms with Crippen LogP contribution in [0.5, 0.6) is 0 Å². The summed E-state index contributed by atoms with van der Waals surface area (Å²) in [5.41, 5.74) is -0.333. The van der Waals surface area contributed by atoms with Crippen LogP contribution in [0.3, 0.4) is 0 Å². The van der Waals surface area contributed by atoms with Gasteiger partial charge in [0.05, 0.1) is 4.92 Å². The summed E-state index contributed by atoms with van der Waals surface area (Å²) in [6.07, 6.45) is 6.56. The molecule has 100 valence electrons. The number of carbonyl (C=O) groups excluding carboxylic acids is 1. The second kappa shape index (κ2) is 5.84. The van der Waals surface area contributed by atoms with Crippen LogP contribution in [-0.4, -0.2) is 16.9 Å². The highest BCUT2D eigenvalue weighted by molar-refractivity contribution is 6.33. The van der Waals surface area contributed by atoms with Crippen molar-refractivity contribution in [2.24, 2.45) is 0 Å². The third-order valence-corrected chi connectivity index (χ3v) is 3.32. The molecule has 0 spiro atoms. The molecule has 0 saturated heterocycles. The monoisotopic (exact) mass is 280 g/mol. The third-order valence-electron chi connectivity index (χ3n) is 3.02. The summed E-state index contributed by atoms with van der Waals surface area (Å²) in [7, 11) is 0. The second-order valence-electron chi connectivity index (χ2n) is 4.35. The Morgan fingerprint density at radius 3 is 2.84 bits per heavy atom. The molecule has 1 aromatic carbocycles. The van der Waals surface area contributed by atoms with Crippen LogP contribution in [0.1, 0.15) is 29.6 Å². The smallest absolute Gasteiger partial charge is 0.300 e. The van der Waals surface area contributed by atoms with E-state index in [1.54, 1.807) is 0 Å². The van der Waals surface area contributed by atoms with E-state index in [1.807, 2.05) is 6.08 Å². The van der Waals surface area contributed by atoms with Crippen LogP contribution < -0.4 is 5.32 Å². The molecule has 19 heavy (non-hydrogen) atoms. The van der Waals surface area contributed by atoms with Gasteiger partial charge in [-0.1, -0.05) is 29.8 Å². The van der Waals surface area contributed by atoms with Crippen molar-refractivity contribution >= 4 is 23.2 Å². The zero-order chi connectivity index (χ0) is 13.8. The summed E-state index contributed by atoms with van der Waals surface area (Å²) >= 11 is 5.78. The van der Waals surface area contributed by atoms with Crippen LogP contribution in [0.25, 0.3) is 0 Å². The first-order valence-electron chi connectivity index (χ1n) is 5.98. The van der Waals surface area contributed by atoms with E-state index >= 15 is 0 Å². The second-order valence-corrected chi connectivity index (χ2v) is 4.76. The molecular formula is C13H13ClN2O3. The normalized spacial score (nSPS) is 18.1. The highest BCUT2D eigenvalue weighted by Crippen LogP contribution is 2.28. The van der Waals surface area contributed by atoms with Crippen LogP contribution in [0, 0.1) is 10.1 Å². The minimum Gasteiger partial charge on any atom is -0.349 e. The number of allylic oxidation sites excluding steroid dienone is 1.